The van der Waals surface area contributed by atoms with E-state index >= 15 is 0 Å². The van der Waals surface area contributed by atoms with Crippen LogP contribution >= 0.6 is 0 Å². The summed E-state index contributed by atoms with van der Waals surface area (Å²) in [5, 5.41) is 0. The number of carbonyl (C=O) groups is 1. The Hall–Kier alpha value is -3.64. The van der Waals surface area contributed by atoms with E-state index in [1.807, 2.05) is 55.5 Å². The molecule has 1 aromatic heterocycles. The number of nitrogens with zero attached hydrogens (tertiary/aromatic N) is 2. The van der Waals surface area contributed by atoms with Crippen LogP contribution < -0.4 is 14.2 Å². The average molecular weight is 414 g/mol. The molecule has 0 radical (unpaired) electrons. The Bertz CT molecular complexity index is 1190. The van der Waals surface area contributed by atoms with Gasteiger partial charge in [0.15, 0.2) is 5.76 Å². The lowest BCUT2D eigenvalue weighted by atomic mass is 10.00. The van der Waals surface area contributed by atoms with Gasteiger partial charge < -0.3 is 14.2 Å². The number of aromatic nitrogens is 1. The summed E-state index contributed by atoms with van der Waals surface area (Å²) in [4.78, 5) is 19.4. The number of benzene rings is 2. The number of Topliss-reactive ketones (excluding diaryl/α,β-unsaturated/α-hetero) is 1. The lowest BCUT2D eigenvalue weighted by molar-refractivity contribution is 0.0869. The van der Waals surface area contributed by atoms with Crippen molar-refractivity contribution in [3.63, 3.8) is 0 Å². The number of para-hydroxylation sites is 1. The SMILES string of the molecule is COc1ccccc1CN1COc2c(cc3c(c2C)O/C(=C\c2ccccn2)C3=O)C1. The number of pyridine rings is 1. The molecule has 3 aromatic rings. The van der Waals surface area contributed by atoms with Crippen LogP contribution in [0.5, 0.6) is 17.2 Å². The van der Waals surface area contributed by atoms with Crippen molar-refractivity contribution in [2.45, 2.75) is 20.0 Å². The van der Waals surface area contributed by atoms with E-state index in [1.54, 1.807) is 19.4 Å². The van der Waals surface area contributed by atoms with E-state index < -0.39 is 0 Å². The minimum atomic E-state index is -0.131. The third-order valence-electron chi connectivity index (χ3n) is 5.56. The summed E-state index contributed by atoms with van der Waals surface area (Å²) in [6, 6.07) is 15.4. The molecule has 0 saturated heterocycles. The average Bonchev–Trinajstić information content (AvgIpc) is 3.10. The number of ketones is 1. The molecule has 6 heteroatoms. The van der Waals surface area contributed by atoms with Gasteiger partial charge in [-0.05, 0) is 31.2 Å². The molecule has 156 valence electrons. The van der Waals surface area contributed by atoms with Gasteiger partial charge in [-0.25, -0.2) is 0 Å². The molecule has 3 heterocycles. The van der Waals surface area contributed by atoms with Crippen LogP contribution in [0.2, 0.25) is 0 Å². The van der Waals surface area contributed by atoms with E-state index in [-0.39, 0.29) is 11.5 Å². The molecule has 0 unspecified atom stereocenters. The fourth-order valence-corrected chi connectivity index (χ4v) is 4.07. The first-order valence-corrected chi connectivity index (χ1v) is 10.1. The fraction of sp³-hybridized carbons (Fsp3) is 0.200. The standard InChI is InChI=1S/C25H22N2O4/c1-16-24-18(14-27(15-30-24)13-17-7-3-4-9-21(17)29-2)11-20-23(28)22(31-25(16)20)12-19-8-5-6-10-26-19/h3-12H,13-15H2,1-2H3/b22-12-. The molecule has 0 saturated carbocycles. The molecule has 0 aliphatic carbocycles. The van der Waals surface area contributed by atoms with Crippen LogP contribution in [0.1, 0.15) is 32.7 Å². The summed E-state index contributed by atoms with van der Waals surface area (Å²) in [5.41, 5.74) is 4.17. The van der Waals surface area contributed by atoms with Crippen LogP contribution in [0.25, 0.3) is 6.08 Å². The zero-order valence-corrected chi connectivity index (χ0v) is 17.4. The molecule has 2 aliphatic rings. The number of hydrogen-bond donors (Lipinski definition) is 0. The topological polar surface area (TPSA) is 60.9 Å². The van der Waals surface area contributed by atoms with Crippen molar-refractivity contribution in [3.8, 4) is 17.2 Å². The van der Waals surface area contributed by atoms with Gasteiger partial charge in [0, 0.05) is 42.1 Å². The van der Waals surface area contributed by atoms with Gasteiger partial charge in [0.05, 0.1) is 18.4 Å². The van der Waals surface area contributed by atoms with Gasteiger partial charge in [0.2, 0.25) is 5.78 Å². The Morgan fingerprint density at radius 1 is 1.16 bits per heavy atom. The molecule has 6 nitrogen and oxygen atoms in total. The summed E-state index contributed by atoms with van der Waals surface area (Å²) in [7, 11) is 1.68. The maximum atomic E-state index is 13.0. The third-order valence-corrected chi connectivity index (χ3v) is 5.56. The molecule has 2 aromatic carbocycles. The number of allylic oxidation sites excluding steroid dienone is 1. The van der Waals surface area contributed by atoms with Crippen LogP contribution in [0, 0.1) is 6.92 Å². The third kappa shape index (κ3) is 3.55. The first kappa shape index (κ1) is 19.3. The van der Waals surface area contributed by atoms with Crippen molar-refractivity contribution in [3.05, 3.63) is 88.4 Å². The van der Waals surface area contributed by atoms with Gasteiger partial charge in [-0.2, -0.15) is 0 Å². The first-order valence-electron chi connectivity index (χ1n) is 10.1. The minimum Gasteiger partial charge on any atom is -0.496 e. The van der Waals surface area contributed by atoms with Gasteiger partial charge >= 0.3 is 0 Å². The Labute approximate surface area is 180 Å². The normalized spacial score (nSPS) is 16.5. The number of rotatable bonds is 4. The number of methoxy groups -OCH3 is 1. The second-order valence-electron chi connectivity index (χ2n) is 7.63. The Kier molecular flexibility index (Phi) is 4.92. The van der Waals surface area contributed by atoms with Crippen molar-refractivity contribution in [2.75, 3.05) is 13.8 Å². The number of hydrogen-bond acceptors (Lipinski definition) is 6. The van der Waals surface area contributed by atoms with Gasteiger partial charge in [0.1, 0.15) is 24.0 Å². The Morgan fingerprint density at radius 2 is 2.00 bits per heavy atom. The predicted octanol–water partition coefficient (Wildman–Crippen LogP) is 4.37. The summed E-state index contributed by atoms with van der Waals surface area (Å²) in [5.74, 6) is 2.37. The van der Waals surface area contributed by atoms with Crippen LogP contribution in [0.4, 0.5) is 0 Å². The number of ether oxygens (including phenoxy) is 3. The van der Waals surface area contributed by atoms with E-state index in [2.05, 4.69) is 9.88 Å². The quantitative estimate of drug-likeness (QED) is 0.591. The van der Waals surface area contributed by atoms with Gasteiger partial charge in [0.25, 0.3) is 0 Å². The lowest BCUT2D eigenvalue weighted by Crippen LogP contribution is -2.32. The van der Waals surface area contributed by atoms with Crippen LogP contribution in [0.3, 0.4) is 0 Å². The van der Waals surface area contributed by atoms with Gasteiger partial charge in [-0.15, -0.1) is 0 Å². The van der Waals surface area contributed by atoms with Crippen molar-refractivity contribution >= 4 is 11.9 Å². The highest BCUT2D eigenvalue weighted by molar-refractivity contribution is 6.15. The Morgan fingerprint density at radius 3 is 2.81 bits per heavy atom. The highest BCUT2D eigenvalue weighted by atomic mass is 16.5. The molecule has 31 heavy (non-hydrogen) atoms. The van der Waals surface area contributed by atoms with E-state index in [9.17, 15) is 4.79 Å². The highest BCUT2D eigenvalue weighted by Crippen LogP contribution is 2.43. The summed E-state index contributed by atoms with van der Waals surface area (Å²) >= 11 is 0. The molecular formula is C25H22N2O4. The van der Waals surface area contributed by atoms with Gasteiger partial charge in [-0.1, -0.05) is 24.3 Å². The molecule has 0 amide bonds. The van der Waals surface area contributed by atoms with E-state index in [0.29, 0.717) is 36.8 Å². The molecular weight excluding hydrogens is 392 g/mol. The lowest BCUT2D eigenvalue weighted by Gasteiger charge is -2.30. The maximum absolute atomic E-state index is 13.0. The molecule has 0 spiro atoms. The van der Waals surface area contributed by atoms with E-state index in [1.165, 1.54) is 0 Å². The summed E-state index contributed by atoms with van der Waals surface area (Å²) in [6.45, 7) is 3.75. The van der Waals surface area contributed by atoms with Crippen LogP contribution in [-0.4, -0.2) is 29.5 Å². The zero-order valence-electron chi connectivity index (χ0n) is 17.4. The largest absolute Gasteiger partial charge is 0.496 e. The zero-order chi connectivity index (χ0) is 21.4. The van der Waals surface area contributed by atoms with Crippen LogP contribution in [-0.2, 0) is 13.1 Å². The minimum absolute atomic E-state index is 0.131. The maximum Gasteiger partial charge on any atom is 0.232 e. The van der Waals surface area contributed by atoms with Gasteiger partial charge in [-0.3, -0.25) is 14.7 Å². The smallest absolute Gasteiger partial charge is 0.232 e. The van der Waals surface area contributed by atoms with Crippen molar-refractivity contribution < 1.29 is 19.0 Å². The van der Waals surface area contributed by atoms with Crippen molar-refractivity contribution in [1.82, 2.24) is 9.88 Å². The summed E-state index contributed by atoms with van der Waals surface area (Å²) in [6.07, 6.45) is 3.36. The Balaban J connectivity index is 1.42. The summed E-state index contributed by atoms with van der Waals surface area (Å²) < 4.78 is 17.5. The molecule has 2 aliphatic heterocycles. The second-order valence-corrected chi connectivity index (χ2v) is 7.63. The second kappa shape index (κ2) is 7.89. The molecule has 0 N–H and O–H groups in total. The van der Waals surface area contributed by atoms with E-state index in [4.69, 9.17) is 14.2 Å². The molecule has 0 fully saturated rings. The van der Waals surface area contributed by atoms with Crippen molar-refractivity contribution in [1.29, 1.82) is 0 Å². The highest BCUT2D eigenvalue weighted by Gasteiger charge is 2.33. The molecule has 0 bridgehead atoms. The van der Waals surface area contributed by atoms with Crippen LogP contribution in [0.15, 0.2) is 60.5 Å². The predicted molar refractivity (Wildman–Crippen MR) is 116 cm³/mol. The monoisotopic (exact) mass is 414 g/mol. The number of fused-ring (bicyclic) bond motifs is 2. The fourth-order valence-electron chi connectivity index (χ4n) is 4.07. The first-order chi connectivity index (χ1) is 15.1. The molecule has 0 atom stereocenters. The number of carbonyl (C=O) groups excluding carboxylic acids is 1. The van der Waals surface area contributed by atoms with Crippen molar-refractivity contribution in [2.24, 2.45) is 0 Å². The van der Waals surface area contributed by atoms with E-state index in [0.717, 1.165) is 28.2 Å². The molecule has 5 rings (SSSR count).